The topological polar surface area (TPSA) is 25.9 Å². The first kappa shape index (κ1) is 60.2. The third-order valence-electron chi connectivity index (χ3n) is 20.8. The Bertz CT molecular complexity index is 4760. The summed E-state index contributed by atoms with van der Waals surface area (Å²) in [6.07, 6.45) is 4.11. The molecule has 16 rings (SSSR count). The van der Waals surface area contributed by atoms with Crippen LogP contribution >= 0.6 is 0 Å². The molecule has 0 spiro atoms. The van der Waals surface area contributed by atoms with Gasteiger partial charge < -0.3 is 19.6 Å². The van der Waals surface area contributed by atoms with E-state index in [0.29, 0.717) is 0 Å². The lowest BCUT2D eigenvalue weighted by atomic mass is 9.80. The van der Waals surface area contributed by atoms with Crippen LogP contribution in [0.1, 0.15) is 68.2 Å². The molecule has 2 aliphatic carbocycles. The predicted molar refractivity (Wildman–Crippen MR) is 404 cm³/mol. The molecule has 0 bridgehead atoms. The van der Waals surface area contributed by atoms with E-state index in [0.717, 1.165) is 70.8 Å². The minimum absolute atomic E-state index is 0.00789. The molecule has 2 aliphatic heterocycles. The Labute approximate surface area is 567 Å². The first-order valence-electron chi connectivity index (χ1n) is 34.1. The molecule has 3 heterocycles. The van der Waals surface area contributed by atoms with Gasteiger partial charge in [0.15, 0.2) is 0 Å². The van der Waals surface area contributed by atoms with Gasteiger partial charge in [-0.1, -0.05) is 268 Å². The SMILES string of the molecule is CC1(C)CC(C)(C)C2=C1N(c1ccccc1)CN2c1ccc(-c2ccccc2-c2cc(-c3ccccc3-c3ccc(-c4cc(-c5ccc(-c6ccccc6)cc5)ccn4)cc3)cc(-c3ccccc3-c3ccc(N4CN(c5ccccc5)C5=C4C(C)(C)CC5(C)C)cc3)c2)cc1. The summed E-state index contributed by atoms with van der Waals surface area (Å²) in [4.78, 5) is 15.2. The number of anilines is 4. The number of pyridine rings is 1. The zero-order valence-electron chi connectivity index (χ0n) is 56.4. The summed E-state index contributed by atoms with van der Waals surface area (Å²) in [6, 6.07) is 108. The van der Waals surface area contributed by atoms with Gasteiger partial charge in [-0.05, 0) is 181 Å². The summed E-state index contributed by atoms with van der Waals surface area (Å²) < 4.78 is 0. The molecule has 470 valence electrons. The largest absolute Gasteiger partial charge is 0.324 e. The molecule has 5 heteroatoms. The van der Waals surface area contributed by atoms with Crippen molar-refractivity contribution in [2.24, 2.45) is 21.7 Å². The lowest BCUT2D eigenvalue weighted by Crippen LogP contribution is -2.35. The third kappa shape index (κ3) is 10.8. The minimum Gasteiger partial charge on any atom is -0.324 e. The van der Waals surface area contributed by atoms with Crippen molar-refractivity contribution in [3.05, 3.63) is 320 Å². The number of para-hydroxylation sites is 2. The molecule has 11 aromatic carbocycles. The van der Waals surface area contributed by atoms with Crippen LogP contribution in [0, 0.1) is 21.7 Å². The fourth-order valence-electron chi connectivity index (χ4n) is 17.2. The van der Waals surface area contributed by atoms with E-state index in [4.69, 9.17) is 4.98 Å². The van der Waals surface area contributed by atoms with E-state index in [1.165, 1.54) is 101 Å². The third-order valence-corrected chi connectivity index (χ3v) is 20.8. The summed E-state index contributed by atoms with van der Waals surface area (Å²) in [5.74, 6) is 0. The van der Waals surface area contributed by atoms with Crippen LogP contribution in [0.4, 0.5) is 22.7 Å². The Hall–Kier alpha value is -10.8. The Kier molecular flexibility index (Phi) is 14.8. The quantitative estimate of drug-likeness (QED) is 0.115. The minimum atomic E-state index is 0.00789. The van der Waals surface area contributed by atoms with E-state index in [1.807, 2.05) is 6.20 Å². The number of benzene rings is 11. The maximum absolute atomic E-state index is 4.90. The van der Waals surface area contributed by atoms with E-state index in [1.54, 1.807) is 0 Å². The zero-order valence-corrected chi connectivity index (χ0v) is 56.4. The molecule has 0 unspecified atom stereocenters. The van der Waals surface area contributed by atoms with Crippen LogP contribution in [0.3, 0.4) is 0 Å². The van der Waals surface area contributed by atoms with Crippen molar-refractivity contribution in [3.63, 3.8) is 0 Å². The molecular weight excluding hydrogens is 1160 g/mol. The fourth-order valence-corrected chi connectivity index (χ4v) is 17.2. The average molecular weight is 1240 g/mol. The highest BCUT2D eigenvalue weighted by molar-refractivity contribution is 5.95. The van der Waals surface area contributed by atoms with Crippen LogP contribution < -0.4 is 19.6 Å². The highest BCUT2D eigenvalue weighted by Gasteiger charge is 2.54. The van der Waals surface area contributed by atoms with Crippen molar-refractivity contribution in [1.29, 1.82) is 0 Å². The molecule has 12 aromatic rings. The average Bonchev–Trinajstić information content (AvgIpc) is 1.55. The zero-order chi connectivity index (χ0) is 65.5. The van der Waals surface area contributed by atoms with Crippen LogP contribution in [-0.4, -0.2) is 18.3 Å². The Balaban J connectivity index is 0.774. The van der Waals surface area contributed by atoms with Crippen LogP contribution in [0.2, 0.25) is 0 Å². The summed E-state index contributed by atoms with van der Waals surface area (Å²) in [6.45, 7) is 21.0. The molecule has 0 atom stereocenters. The van der Waals surface area contributed by atoms with E-state index >= 15 is 0 Å². The van der Waals surface area contributed by atoms with Gasteiger partial charge in [0.1, 0.15) is 0 Å². The van der Waals surface area contributed by atoms with Gasteiger partial charge in [0.05, 0.1) is 19.0 Å². The molecule has 0 radical (unpaired) electrons. The van der Waals surface area contributed by atoms with E-state index < -0.39 is 0 Å². The van der Waals surface area contributed by atoms with E-state index in [2.05, 4.69) is 366 Å². The maximum Gasteiger partial charge on any atom is 0.0995 e. The van der Waals surface area contributed by atoms with Crippen molar-refractivity contribution in [3.8, 4) is 100 Å². The highest BCUT2D eigenvalue weighted by Crippen LogP contribution is 2.61. The van der Waals surface area contributed by atoms with E-state index in [9.17, 15) is 0 Å². The van der Waals surface area contributed by atoms with Crippen molar-refractivity contribution in [1.82, 2.24) is 4.98 Å². The predicted octanol–water partition coefficient (Wildman–Crippen LogP) is 24.0. The molecule has 96 heavy (non-hydrogen) atoms. The van der Waals surface area contributed by atoms with Crippen molar-refractivity contribution >= 4 is 22.7 Å². The van der Waals surface area contributed by atoms with Crippen molar-refractivity contribution < 1.29 is 0 Å². The standard InChI is InChI=1S/C91H81N5/c1-88(2)58-90(5,6)86-84(88)93(73-26-14-10-15-27-73)60-95(86)75-48-44-66(45-49-75)78-31-19-22-34-81(78)71-54-70(80-33-21-18-30-77(80)65-40-42-68(43-41-65)83-57-69(52-53-92-83)64-38-36-63(37-39-64)62-24-12-9-13-25-62)55-72(56-71)82-35-23-20-32-79(82)67-46-50-76(51-47-67)96-61-94(74-28-16-11-17-29-74)85-87(96)91(7,8)59-89(85,3)4/h9-57H,58-61H2,1-8H3. The Morgan fingerprint density at radius 1 is 0.229 bits per heavy atom. The number of hydrogen-bond acceptors (Lipinski definition) is 5. The summed E-state index contributed by atoms with van der Waals surface area (Å²) >= 11 is 0. The van der Waals surface area contributed by atoms with Gasteiger partial charge in [0, 0.05) is 79.0 Å². The molecule has 0 fully saturated rings. The molecule has 0 amide bonds. The Morgan fingerprint density at radius 2 is 0.490 bits per heavy atom. The molecule has 0 saturated carbocycles. The van der Waals surface area contributed by atoms with Gasteiger partial charge in [0.2, 0.25) is 0 Å². The molecule has 4 aliphatic rings. The summed E-state index contributed by atoms with van der Waals surface area (Å²) in [5.41, 5.74) is 31.5. The summed E-state index contributed by atoms with van der Waals surface area (Å²) in [7, 11) is 0. The lowest BCUT2D eigenvalue weighted by molar-refractivity contribution is 0.304. The lowest BCUT2D eigenvalue weighted by Gasteiger charge is -2.36. The van der Waals surface area contributed by atoms with Crippen LogP contribution in [-0.2, 0) is 0 Å². The second-order valence-corrected chi connectivity index (χ2v) is 29.4. The Morgan fingerprint density at radius 3 is 0.844 bits per heavy atom. The van der Waals surface area contributed by atoms with Crippen molar-refractivity contribution in [2.45, 2.75) is 68.2 Å². The van der Waals surface area contributed by atoms with Crippen LogP contribution in [0.15, 0.2) is 320 Å². The number of nitrogens with zero attached hydrogens (tertiary/aromatic N) is 5. The molecule has 0 saturated heterocycles. The molecule has 0 N–H and O–H groups in total. The van der Waals surface area contributed by atoms with E-state index in [-0.39, 0.29) is 21.7 Å². The molecular formula is C91H81N5. The first-order valence-corrected chi connectivity index (χ1v) is 34.1. The van der Waals surface area contributed by atoms with Gasteiger partial charge in [-0.2, -0.15) is 0 Å². The smallest absolute Gasteiger partial charge is 0.0995 e. The van der Waals surface area contributed by atoms with Crippen molar-refractivity contribution in [2.75, 3.05) is 32.9 Å². The van der Waals surface area contributed by atoms with Gasteiger partial charge in [-0.3, -0.25) is 4.98 Å². The van der Waals surface area contributed by atoms with Gasteiger partial charge in [-0.15, -0.1) is 0 Å². The monoisotopic (exact) mass is 1240 g/mol. The number of hydrogen-bond donors (Lipinski definition) is 0. The second kappa shape index (κ2) is 23.6. The van der Waals surface area contributed by atoms with Crippen LogP contribution in [0.25, 0.3) is 100 Å². The van der Waals surface area contributed by atoms with Crippen LogP contribution in [0.5, 0.6) is 0 Å². The number of rotatable bonds is 13. The highest BCUT2D eigenvalue weighted by atomic mass is 15.4. The molecule has 5 nitrogen and oxygen atoms in total. The number of aromatic nitrogens is 1. The normalized spacial score (nSPS) is 16.5. The van der Waals surface area contributed by atoms with Gasteiger partial charge >= 0.3 is 0 Å². The van der Waals surface area contributed by atoms with Gasteiger partial charge in [0.25, 0.3) is 0 Å². The fraction of sp³-hybridized carbons (Fsp3) is 0.176. The summed E-state index contributed by atoms with van der Waals surface area (Å²) in [5, 5.41) is 0. The maximum atomic E-state index is 4.90. The molecule has 1 aromatic heterocycles. The second-order valence-electron chi connectivity index (χ2n) is 29.4. The van der Waals surface area contributed by atoms with Gasteiger partial charge in [-0.25, -0.2) is 0 Å². The number of allylic oxidation sites excluding steroid dienone is 4. The first-order chi connectivity index (χ1) is 46.5.